The fourth-order valence-electron chi connectivity index (χ4n) is 2.36. The molecule has 3 heteroatoms. The molecule has 1 aromatic rings. The van der Waals surface area contributed by atoms with Crippen LogP contribution in [-0.2, 0) is 4.79 Å². The summed E-state index contributed by atoms with van der Waals surface area (Å²) < 4.78 is 0. The molecule has 20 heavy (non-hydrogen) atoms. The summed E-state index contributed by atoms with van der Waals surface area (Å²) in [4.78, 5) is 12.1. The summed E-state index contributed by atoms with van der Waals surface area (Å²) >= 11 is 0. The first kappa shape index (κ1) is 15.0. The lowest BCUT2D eigenvalue weighted by atomic mass is 9.82. The molecule has 2 N–H and O–H groups in total. The molecular weight excluding hydrogens is 248 g/mol. The molecule has 0 heterocycles. The van der Waals surface area contributed by atoms with Gasteiger partial charge in [0.2, 0.25) is 5.91 Å². The molecular formula is C17H26N2O. The van der Waals surface area contributed by atoms with Crippen molar-refractivity contribution in [2.75, 3.05) is 6.54 Å². The Labute approximate surface area is 122 Å². The van der Waals surface area contributed by atoms with Gasteiger partial charge in [-0.15, -0.1) is 0 Å². The summed E-state index contributed by atoms with van der Waals surface area (Å²) in [6.07, 6.45) is 3.07. The zero-order valence-electron chi connectivity index (χ0n) is 12.8. The van der Waals surface area contributed by atoms with Crippen molar-refractivity contribution in [3.8, 4) is 0 Å². The second-order valence-corrected chi connectivity index (χ2v) is 6.76. The van der Waals surface area contributed by atoms with Gasteiger partial charge in [-0.3, -0.25) is 4.79 Å². The topological polar surface area (TPSA) is 41.1 Å². The minimum absolute atomic E-state index is 0.000927. The monoisotopic (exact) mass is 274 g/mol. The van der Waals surface area contributed by atoms with Gasteiger partial charge in [-0.1, -0.05) is 51.1 Å². The minimum atomic E-state index is 0.000927. The summed E-state index contributed by atoms with van der Waals surface area (Å²) in [6.45, 7) is 7.26. The van der Waals surface area contributed by atoms with E-state index in [9.17, 15) is 4.79 Å². The van der Waals surface area contributed by atoms with Crippen molar-refractivity contribution in [3.63, 3.8) is 0 Å². The van der Waals surface area contributed by atoms with Gasteiger partial charge in [0.1, 0.15) is 0 Å². The molecule has 0 saturated heterocycles. The summed E-state index contributed by atoms with van der Waals surface area (Å²) in [5, 5.41) is 6.57. The summed E-state index contributed by atoms with van der Waals surface area (Å²) in [6, 6.07) is 10.9. The molecule has 0 spiro atoms. The van der Waals surface area contributed by atoms with Gasteiger partial charge in [-0.2, -0.15) is 0 Å². The third kappa shape index (κ3) is 4.64. The van der Waals surface area contributed by atoms with Gasteiger partial charge in [-0.25, -0.2) is 0 Å². The van der Waals surface area contributed by atoms with Crippen LogP contribution < -0.4 is 10.6 Å². The largest absolute Gasteiger partial charge is 0.349 e. The van der Waals surface area contributed by atoms with Crippen LogP contribution in [0.5, 0.6) is 0 Å². The molecule has 0 aromatic heterocycles. The molecule has 1 aromatic carbocycles. The van der Waals surface area contributed by atoms with Gasteiger partial charge in [0.25, 0.3) is 0 Å². The first-order chi connectivity index (χ1) is 9.47. The third-order valence-electron chi connectivity index (χ3n) is 3.67. The van der Waals surface area contributed by atoms with Gasteiger partial charge in [-0.05, 0) is 23.8 Å². The lowest BCUT2D eigenvalue weighted by molar-refractivity contribution is -0.122. The molecule has 0 radical (unpaired) electrons. The van der Waals surface area contributed by atoms with E-state index in [0.717, 1.165) is 6.54 Å². The summed E-state index contributed by atoms with van der Waals surface area (Å²) in [7, 11) is 0. The van der Waals surface area contributed by atoms with Crippen LogP contribution in [-0.4, -0.2) is 18.5 Å². The highest BCUT2D eigenvalue weighted by atomic mass is 16.1. The SMILES string of the molecule is CC(C)(C)C(NC(=O)CCNC1CC1)c1ccccc1. The van der Waals surface area contributed by atoms with E-state index in [1.54, 1.807) is 0 Å². The zero-order valence-corrected chi connectivity index (χ0v) is 12.8. The van der Waals surface area contributed by atoms with E-state index in [1.165, 1.54) is 18.4 Å². The maximum atomic E-state index is 12.1. The lowest BCUT2D eigenvalue weighted by Crippen LogP contribution is -2.37. The Morgan fingerprint density at radius 1 is 1.25 bits per heavy atom. The van der Waals surface area contributed by atoms with Crippen LogP contribution in [0.4, 0.5) is 0 Å². The fourth-order valence-corrected chi connectivity index (χ4v) is 2.36. The zero-order chi connectivity index (χ0) is 14.6. The first-order valence-corrected chi connectivity index (χ1v) is 7.54. The van der Waals surface area contributed by atoms with Gasteiger partial charge < -0.3 is 10.6 Å². The summed E-state index contributed by atoms with van der Waals surface area (Å²) in [5.41, 5.74) is 1.17. The van der Waals surface area contributed by atoms with Crippen LogP contribution in [0.15, 0.2) is 30.3 Å². The number of carbonyl (C=O) groups excluding carboxylic acids is 1. The molecule has 1 atom stereocenters. The second kappa shape index (κ2) is 6.40. The highest BCUT2D eigenvalue weighted by Gasteiger charge is 2.27. The van der Waals surface area contributed by atoms with Crippen molar-refractivity contribution in [2.45, 2.75) is 52.1 Å². The predicted octanol–water partition coefficient (Wildman–Crippen LogP) is 3.03. The second-order valence-electron chi connectivity index (χ2n) is 6.76. The lowest BCUT2D eigenvalue weighted by Gasteiger charge is -2.32. The molecule has 0 aliphatic heterocycles. The van der Waals surface area contributed by atoms with Crippen molar-refractivity contribution < 1.29 is 4.79 Å². The maximum absolute atomic E-state index is 12.1. The van der Waals surface area contributed by atoms with Gasteiger partial charge in [0.05, 0.1) is 6.04 Å². The van der Waals surface area contributed by atoms with Gasteiger partial charge in [0.15, 0.2) is 0 Å². The Morgan fingerprint density at radius 3 is 2.45 bits per heavy atom. The van der Waals surface area contributed by atoms with E-state index >= 15 is 0 Å². The molecule has 3 nitrogen and oxygen atoms in total. The molecule has 1 amide bonds. The number of rotatable bonds is 6. The molecule has 1 unspecified atom stereocenters. The normalized spacial score (nSPS) is 16.8. The standard InChI is InChI=1S/C17H26N2O/c1-17(2,3)16(13-7-5-4-6-8-13)19-15(20)11-12-18-14-9-10-14/h4-8,14,16,18H,9-12H2,1-3H3,(H,19,20). The van der Waals surface area contributed by atoms with Crippen LogP contribution in [0.1, 0.15) is 51.6 Å². The van der Waals surface area contributed by atoms with Crippen molar-refractivity contribution in [1.29, 1.82) is 0 Å². The van der Waals surface area contributed by atoms with Crippen molar-refractivity contribution in [1.82, 2.24) is 10.6 Å². The predicted molar refractivity (Wildman–Crippen MR) is 82.4 cm³/mol. The van der Waals surface area contributed by atoms with Crippen LogP contribution >= 0.6 is 0 Å². The van der Waals surface area contributed by atoms with Crippen molar-refractivity contribution in [3.05, 3.63) is 35.9 Å². The van der Waals surface area contributed by atoms with E-state index in [0.29, 0.717) is 12.5 Å². The number of benzene rings is 1. The quantitative estimate of drug-likeness (QED) is 0.837. The minimum Gasteiger partial charge on any atom is -0.349 e. The molecule has 1 aliphatic rings. The van der Waals surface area contributed by atoms with Crippen LogP contribution in [0.2, 0.25) is 0 Å². The van der Waals surface area contributed by atoms with Crippen LogP contribution in [0.3, 0.4) is 0 Å². The molecule has 0 bridgehead atoms. The third-order valence-corrected chi connectivity index (χ3v) is 3.67. The Bertz CT molecular complexity index is 432. The molecule has 110 valence electrons. The highest BCUT2D eigenvalue weighted by Crippen LogP contribution is 2.32. The number of nitrogens with one attached hydrogen (secondary N) is 2. The highest BCUT2D eigenvalue weighted by molar-refractivity contribution is 5.76. The number of carbonyl (C=O) groups is 1. The van der Waals surface area contributed by atoms with Crippen LogP contribution in [0, 0.1) is 5.41 Å². The van der Waals surface area contributed by atoms with Crippen molar-refractivity contribution in [2.24, 2.45) is 5.41 Å². The average Bonchev–Trinajstić information content (AvgIpc) is 3.20. The van der Waals surface area contributed by atoms with E-state index < -0.39 is 0 Å². The Morgan fingerprint density at radius 2 is 1.90 bits per heavy atom. The van der Waals surface area contributed by atoms with E-state index in [2.05, 4.69) is 43.5 Å². The fraction of sp³-hybridized carbons (Fsp3) is 0.588. The molecule has 1 fully saturated rings. The smallest absolute Gasteiger partial charge is 0.221 e. The number of hydrogen-bond donors (Lipinski definition) is 2. The average molecular weight is 274 g/mol. The van der Waals surface area contributed by atoms with Crippen molar-refractivity contribution >= 4 is 5.91 Å². The van der Waals surface area contributed by atoms with E-state index in [-0.39, 0.29) is 17.4 Å². The Kier molecular flexibility index (Phi) is 4.81. The van der Waals surface area contributed by atoms with Gasteiger partial charge >= 0.3 is 0 Å². The van der Waals surface area contributed by atoms with Gasteiger partial charge in [0, 0.05) is 19.0 Å². The molecule has 1 aliphatic carbocycles. The Balaban J connectivity index is 1.91. The van der Waals surface area contributed by atoms with Crippen LogP contribution in [0.25, 0.3) is 0 Å². The maximum Gasteiger partial charge on any atom is 0.221 e. The number of hydrogen-bond acceptors (Lipinski definition) is 2. The Hall–Kier alpha value is -1.35. The van der Waals surface area contributed by atoms with E-state index in [4.69, 9.17) is 0 Å². The molecule has 2 rings (SSSR count). The summed E-state index contributed by atoms with van der Waals surface area (Å²) in [5.74, 6) is 0.127. The molecule has 1 saturated carbocycles. The van der Waals surface area contributed by atoms with E-state index in [1.807, 2.05) is 18.2 Å². The first-order valence-electron chi connectivity index (χ1n) is 7.54. The number of amides is 1.